The lowest BCUT2D eigenvalue weighted by Gasteiger charge is -2.00. The zero-order valence-electron chi connectivity index (χ0n) is 7.67. The standard InChI is InChI=1S/C10H9ClN2O/c1-2-7-10(14)13-9-5-6(11)3-4-8(9)12-7/h3-5H,2H2,1H3,(H,13,14). The van der Waals surface area contributed by atoms with Gasteiger partial charge in [-0.25, -0.2) is 4.98 Å². The fourth-order valence-electron chi connectivity index (χ4n) is 1.34. The maximum atomic E-state index is 11.4. The first-order valence-electron chi connectivity index (χ1n) is 4.39. The highest BCUT2D eigenvalue weighted by molar-refractivity contribution is 6.31. The van der Waals surface area contributed by atoms with Gasteiger partial charge < -0.3 is 4.98 Å². The summed E-state index contributed by atoms with van der Waals surface area (Å²) >= 11 is 5.79. The average molecular weight is 209 g/mol. The molecule has 0 fully saturated rings. The van der Waals surface area contributed by atoms with Crippen LogP contribution >= 0.6 is 11.6 Å². The Morgan fingerprint density at radius 3 is 3.00 bits per heavy atom. The van der Waals surface area contributed by atoms with Crippen LogP contribution in [0, 0.1) is 0 Å². The molecule has 0 aliphatic heterocycles. The maximum absolute atomic E-state index is 11.4. The lowest BCUT2D eigenvalue weighted by Crippen LogP contribution is -2.14. The van der Waals surface area contributed by atoms with Gasteiger partial charge in [0.25, 0.3) is 5.56 Å². The van der Waals surface area contributed by atoms with Crippen LogP contribution in [-0.2, 0) is 6.42 Å². The van der Waals surface area contributed by atoms with Crippen LogP contribution in [0.25, 0.3) is 11.0 Å². The first kappa shape index (κ1) is 9.21. The van der Waals surface area contributed by atoms with Crippen molar-refractivity contribution in [2.24, 2.45) is 0 Å². The molecule has 0 aliphatic carbocycles. The van der Waals surface area contributed by atoms with Gasteiger partial charge in [0.15, 0.2) is 0 Å². The predicted molar refractivity (Wildman–Crippen MR) is 56.8 cm³/mol. The summed E-state index contributed by atoms with van der Waals surface area (Å²) in [5.41, 5.74) is 1.87. The molecule has 0 radical (unpaired) electrons. The molecule has 0 unspecified atom stereocenters. The normalized spacial score (nSPS) is 10.7. The number of fused-ring (bicyclic) bond motifs is 1. The van der Waals surface area contributed by atoms with Crippen molar-refractivity contribution in [3.63, 3.8) is 0 Å². The lowest BCUT2D eigenvalue weighted by atomic mass is 10.2. The van der Waals surface area contributed by atoms with Crippen LogP contribution in [0.15, 0.2) is 23.0 Å². The molecular weight excluding hydrogens is 200 g/mol. The largest absolute Gasteiger partial charge is 0.319 e. The minimum absolute atomic E-state index is 0.137. The summed E-state index contributed by atoms with van der Waals surface area (Å²) in [6.45, 7) is 1.90. The molecule has 0 saturated heterocycles. The number of aromatic amines is 1. The van der Waals surface area contributed by atoms with Gasteiger partial charge >= 0.3 is 0 Å². The van der Waals surface area contributed by atoms with Crippen LogP contribution in [0.4, 0.5) is 0 Å². The minimum atomic E-state index is -0.137. The number of halogens is 1. The van der Waals surface area contributed by atoms with E-state index in [1.54, 1.807) is 18.2 Å². The first-order chi connectivity index (χ1) is 6.70. The van der Waals surface area contributed by atoms with Crippen molar-refractivity contribution in [3.05, 3.63) is 39.3 Å². The summed E-state index contributed by atoms with van der Waals surface area (Å²) in [7, 11) is 0. The van der Waals surface area contributed by atoms with E-state index in [4.69, 9.17) is 11.6 Å². The van der Waals surface area contributed by atoms with Crippen LogP contribution in [0.3, 0.4) is 0 Å². The number of hydrogen-bond acceptors (Lipinski definition) is 2. The van der Waals surface area contributed by atoms with Crippen molar-refractivity contribution < 1.29 is 0 Å². The average Bonchev–Trinajstić information content (AvgIpc) is 2.16. The number of benzene rings is 1. The summed E-state index contributed by atoms with van der Waals surface area (Å²) in [5.74, 6) is 0. The number of nitrogens with one attached hydrogen (secondary N) is 1. The van der Waals surface area contributed by atoms with Crippen molar-refractivity contribution in [1.29, 1.82) is 0 Å². The van der Waals surface area contributed by atoms with Crippen LogP contribution in [0.2, 0.25) is 5.02 Å². The van der Waals surface area contributed by atoms with E-state index < -0.39 is 0 Å². The zero-order valence-corrected chi connectivity index (χ0v) is 8.43. The van der Waals surface area contributed by atoms with E-state index in [-0.39, 0.29) is 5.56 Å². The molecule has 0 bridgehead atoms. The summed E-state index contributed by atoms with van der Waals surface area (Å²) < 4.78 is 0. The van der Waals surface area contributed by atoms with Crippen molar-refractivity contribution in [2.45, 2.75) is 13.3 Å². The van der Waals surface area contributed by atoms with Crippen molar-refractivity contribution in [1.82, 2.24) is 9.97 Å². The highest BCUT2D eigenvalue weighted by Gasteiger charge is 2.02. The highest BCUT2D eigenvalue weighted by atomic mass is 35.5. The molecule has 1 aromatic carbocycles. The minimum Gasteiger partial charge on any atom is -0.319 e. The smallest absolute Gasteiger partial charge is 0.270 e. The van der Waals surface area contributed by atoms with Crippen LogP contribution in [-0.4, -0.2) is 9.97 Å². The number of aromatic nitrogens is 2. The zero-order chi connectivity index (χ0) is 10.1. The number of hydrogen-bond donors (Lipinski definition) is 1. The van der Waals surface area contributed by atoms with Gasteiger partial charge in [0.2, 0.25) is 0 Å². The number of H-pyrrole nitrogens is 1. The fourth-order valence-corrected chi connectivity index (χ4v) is 1.51. The Hall–Kier alpha value is -1.35. The van der Waals surface area contributed by atoms with E-state index in [0.29, 0.717) is 22.7 Å². The Bertz CT molecular complexity index is 533. The highest BCUT2D eigenvalue weighted by Crippen LogP contribution is 2.14. The molecule has 2 aromatic rings. The second kappa shape index (κ2) is 3.42. The molecule has 1 aromatic heterocycles. The molecule has 72 valence electrons. The Balaban J connectivity index is 2.79. The summed E-state index contributed by atoms with van der Waals surface area (Å²) in [4.78, 5) is 18.4. The van der Waals surface area contributed by atoms with Gasteiger partial charge in [-0.2, -0.15) is 0 Å². The third kappa shape index (κ3) is 1.51. The van der Waals surface area contributed by atoms with Gasteiger partial charge in [0.05, 0.1) is 11.0 Å². The van der Waals surface area contributed by atoms with Gasteiger partial charge in [-0.15, -0.1) is 0 Å². The molecule has 0 amide bonds. The van der Waals surface area contributed by atoms with E-state index in [0.717, 1.165) is 5.52 Å². The van der Waals surface area contributed by atoms with Gasteiger partial charge in [-0.05, 0) is 24.6 Å². The summed E-state index contributed by atoms with van der Waals surface area (Å²) in [5, 5.41) is 0.596. The van der Waals surface area contributed by atoms with Crippen LogP contribution in [0.5, 0.6) is 0 Å². The van der Waals surface area contributed by atoms with Crippen LogP contribution in [0.1, 0.15) is 12.6 Å². The third-order valence-corrected chi connectivity index (χ3v) is 2.29. The molecule has 0 spiro atoms. The fraction of sp³-hybridized carbons (Fsp3) is 0.200. The molecule has 3 nitrogen and oxygen atoms in total. The molecule has 1 N–H and O–H groups in total. The van der Waals surface area contributed by atoms with E-state index in [1.165, 1.54) is 0 Å². The number of aryl methyl sites for hydroxylation is 1. The molecule has 0 aliphatic rings. The molecule has 0 saturated carbocycles. The SMILES string of the molecule is CCc1nc2ccc(Cl)cc2[nH]c1=O. The van der Waals surface area contributed by atoms with Crippen LogP contribution < -0.4 is 5.56 Å². The third-order valence-electron chi connectivity index (χ3n) is 2.06. The van der Waals surface area contributed by atoms with E-state index in [9.17, 15) is 4.79 Å². The molecule has 2 rings (SSSR count). The van der Waals surface area contributed by atoms with E-state index in [2.05, 4.69) is 9.97 Å². The lowest BCUT2D eigenvalue weighted by molar-refractivity contribution is 0.997. The molecular formula is C10H9ClN2O. The van der Waals surface area contributed by atoms with Crippen molar-refractivity contribution in [2.75, 3.05) is 0 Å². The first-order valence-corrected chi connectivity index (χ1v) is 4.77. The van der Waals surface area contributed by atoms with Gasteiger partial charge in [-0.3, -0.25) is 4.79 Å². The van der Waals surface area contributed by atoms with Crippen molar-refractivity contribution in [3.8, 4) is 0 Å². The van der Waals surface area contributed by atoms with Gasteiger partial charge in [0, 0.05) is 5.02 Å². The molecule has 0 atom stereocenters. The van der Waals surface area contributed by atoms with E-state index >= 15 is 0 Å². The molecule has 4 heteroatoms. The molecule has 1 heterocycles. The van der Waals surface area contributed by atoms with Gasteiger partial charge in [-0.1, -0.05) is 18.5 Å². The van der Waals surface area contributed by atoms with Crippen molar-refractivity contribution >= 4 is 22.6 Å². The van der Waals surface area contributed by atoms with E-state index in [1.807, 2.05) is 6.92 Å². The molecule has 14 heavy (non-hydrogen) atoms. The monoisotopic (exact) mass is 208 g/mol. The summed E-state index contributed by atoms with van der Waals surface area (Å²) in [6.07, 6.45) is 0.633. The number of rotatable bonds is 1. The topological polar surface area (TPSA) is 45.8 Å². The maximum Gasteiger partial charge on any atom is 0.270 e. The summed E-state index contributed by atoms with van der Waals surface area (Å²) in [6, 6.07) is 5.26. The second-order valence-corrected chi connectivity index (χ2v) is 3.46. The Labute approximate surface area is 85.7 Å². The number of nitrogens with zero attached hydrogens (tertiary/aromatic N) is 1. The Morgan fingerprint density at radius 1 is 1.50 bits per heavy atom. The Morgan fingerprint density at radius 2 is 2.29 bits per heavy atom. The Kier molecular flexibility index (Phi) is 2.25. The second-order valence-electron chi connectivity index (χ2n) is 3.03. The quantitative estimate of drug-likeness (QED) is 0.781. The predicted octanol–water partition coefficient (Wildman–Crippen LogP) is 2.14. The van der Waals surface area contributed by atoms with Gasteiger partial charge in [0.1, 0.15) is 5.69 Å².